The molecular weight excluding hydrogens is 506 g/mol. The monoisotopic (exact) mass is 539 g/mol. The number of ether oxygens (including phenoxy) is 4. The molecule has 4 unspecified atom stereocenters. The molecule has 2 saturated heterocycles. The highest BCUT2D eigenvalue weighted by molar-refractivity contribution is 6.74. The third kappa shape index (κ3) is 5.99. The summed E-state index contributed by atoms with van der Waals surface area (Å²) in [5.41, 5.74) is 10.4. The van der Waals surface area contributed by atoms with Gasteiger partial charge in [0, 0.05) is 16.0 Å². The van der Waals surface area contributed by atoms with Crippen LogP contribution in [0.3, 0.4) is 0 Å². The number of hydrogen-bond donors (Lipinski definition) is 0. The Morgan fingerprint density at radius 2 is 1.66 bits per heavy atom. The number of azide groups is 1. The van der Waals surface area contributed by atoms with E-state index in [0.717, 1.165) is 5.56 Å². The fraction of sp³-hybridized carbons (Fsp3) is 0.481. The van der Waals surface area contributed by atoms with Crippen LogP contribution in [-0.4, -0.2) is 57.3 Å². The Morgan fingerprint density at radius 3 is 2.26 bits per heavy atom. The number of hydrogen-bond acceptors (Lipinski definition) is 8. The number of rotatable bonds is 7. The molecule has 4 rings (SSSR count). The molecule has 11 heteroatoms. The van der Waals surface area contributed by atoms with Crippen LogP contribution in [0.1, 0.15) is 43.0 Å². The molecule has 202 valence electrons. The first-order valence-corrected chi connectivity index (χ1v) is 15.4. The first-order valence-electron chi connectivity index (χ1n) is 12.5. The fourth-order valence-corrected chi connectivity index (χ4v) is 5.23. The molecule has 2 aromatic rings. The fourth-order valence-electron chi connectivity index (χ4n) is 4.11. The number of ketones is 1. The molecule has 0 aliphatic carbocycles. The molecule has 6 atom stereocenters. The van der Waals surface area contributed by atoms with E-state index >= 15 is 0 Å². The number of Topliss-reactive ketones (excluding diaryl/α,β-unsaturated/α-hetero) is 1. The van der Waals surface area contributed by atoms with Gasteiger partial charge in [0.25, 0.3) is 5.78 Å². The van der Waals surface area contributed by atoms with Crippen molar-refractivity contribution >= 4 is 20.1 Å². The highest BCUT2D eigenvalue weighted by Crippen LogP contribution is 2.42. The van der Waals surface area contributed by atoms with Gasteiger partial charge >= 0.3 is 5.97 Å². The highest BCUT2D eigenvalue weighted by Gasteiger charge is 2.54. The van der Waals surface area contributed by atoms with Crippen molar-refractivity contribution in [3.63, 3.8) is 0 Å². The molecule has 0 saturated carbocycles. The van der Waals surface area contributed by atoms with Gasteiger partial charge in [0.2, 0.25) is 0 Å². The van der Waals surface area contributed by atoms with Gasteiger partial charge in [-0.1, -0.05) is 86.5 Å². The van der Waals surface area contributed by atoms with Crippen LogP contribution < -0.4 is 0 Å². The normalized spacial score (nSPS) is 27.5. The minimum absolute atomic E-state index is 0.116. The molecule has 0 N–H and O–H groups in total. The van der Waals surface area contributed by atoms with Gasteiger partial charge in [0.1, 0.15) is 24.4 Å². The van der Waals surface area contributed by atoms with Crippen molar-refractivity contribution in [3.8, 4) is 0 Å². The number of nitrogens with zero attached hydrogens (tertiary/aromatic N) is 3. The van der Waals surface area contributed by atoms with Crippen LogP contribution in [-0.2, 0) is 28.2 Å². The van der Waals surface area contributed by atoms with Crippen LogP contribution in [0.25, 0.3) is 10.4 Å². The lowest BCUT2D eigenvalue weighted by Gasteiger charge is -2.50. The average molecular weight is 540 g/mol. The Morgan fingerprint density at radius 1 is 1.03 bits per heavy atom. The standard InChI is InChI=1S/C27H33N3O7Si/c1-27(2,3)38(4,5)37-26-20(29-30-28)23(35-24(32)21(31)17-12-8-6-9-13-17)22-19(34-26)16-33-25(36-22)18-14-10-7-11-15-18/h6-15,19-20,22-23,25-26H,16H2,1-5H3/t19?,20?,22-,23-,25?,26?/m1/s1. The minimum atomic E-state index is -2.43. The molecular formula is C27H33N3O7Si. The Balaban J connectivity index is 1.67. The third-order valence-corrected chi connectivity index (χ3v) is 11.7. The van der Waals surface area contributed by atoms with Crippen molar-refractivity contribution in [3.05, 3.63) is 82.2 Å². The van der Waals surface area contributed by atoms with Gasteiger partial charge in [-0.05, 0) is 23.7 Å². The Bertz CT molecular complexity index is 1180. The molecule has 38 heavy (non-hydrogen) atoms. The predicted molar refractivity (Wildman–Crippen MR) is 141 cm³/mol. The maximum absolute atomic E-state index is 13.1. The minimum Gasteiger partial charge on any atom is -0.453 e. The number of carbonyl (C=O) groups excluding carboxylic acids is 2. The molecule has 0 radical (unpaired) electrons. The zero-order valence-electron chi connectivity index (χ0n) is 22.1. The highest BCUT2D eigenvalue weighted by atomic mass is 28.4. The first kappa shape index (κ1) is 28.0. The molecule has 10 nitrogen and oxygen atoms in total. The second-order valence-corrected chi connectivity index (χ2v) is 15.6. The van der Waals surface area contributed by atoms with E-state index in [4.69, 9.17) is 23.4 Å². The van der Waals surface area contributed by atoms with Crippen LogP contribution >= 0.6 is 0 Å². The van der Waals surface area contributed by atoms with Crippen LogP contribution in [0, 0.1) is 0 Å². The Hall–Kier alpha value is -3.05. The smallest absolute Gasteiger partial charge is 0.380 e. The van der Waals surface area contributed by atoms with Gasteiger partial charge in [-0.3, -0.25) is 4.79 Å². The molecule has 2 heterocycles. The van der Waals surface area contributed by atoms with E-state index in [1.54, 1.807) is 18.2 Å². The molecule has 0 spiro atoms. The Labute approximate surface area is 222 Å². The van der Waals surface area contributed by atoms with Crippen molar-refractivity contribution in [2.24, 2.45) is 5.11 Å². The van der Waals surface area contributed by atoms with E-state index in [1.807, 2.05) is 43.4 Å². The summed E-state index contributed by atoms with van der Waals surface area (Å²) in [6.07, 6.45) is -4.53. The van der Waals surface area contributed by atoms with Crippen molar-refractivity contribution in [2.75, 3.05) is 6.61 Å². The topological polar surface area (TPSA) is 129 Å². The summed E-state index contributed by atoms with van der Waals surface area (Å²) in [7, 11) is -2.43. The summed E-state index contributed by atoms with van der Waals surface area (Å²) in [5.74, 6) is -1.90. The van der Waals surface area contributed by atoms with E-state index in [2.05, 4.69) is 30.8 Å². The van der Waals surface area contributed by atoms with Crippen LogP contribution in [0.4, 0.5) is 0 Å². The molecule has 2 aliphatic heterocycles. The van der Waals surface area contributed by atoms with Crippen LogP contribution in [0.5, 0.6) is 0 Å². The molecule has 0 aromatic heterocycles. The van der Waals surface area contributed by atoms with Crippen LogP contribution in [0.2, 0.25) is 18.1 Å². The average Bonchev–Trinajstić information content (AvgIpc) is 2.90. The summed E-state index contributed by atoms with van der Waals surface area (Å²) in [6.45, 7) is 10.4. The predicted octanol–water partition coefficient (Wildman–Crippen LogP) is 5.32. The van der Waals surface area contributed by atoms with Gasteiger partial charge in [-0.15, -0.1) is 0 Å². The van der Waals surface area contributed by atoms with E-state index in [9.17, 15) is 15.1 Å². The van der Waals surface area contributed by atoms with Crippen molar-refractivity contribution in [1.82, 2.24) is 0 Å². The second-order valence-electron chi connectivity index (χ2n) is 10.9. The number of fused-ring (bicyclic) bond motifs is 1. The second kappa shape index (κ2) is 11.4. The lowest BCUT2D eigenvalue weighted by molar-refractivity contribution is -0.333. The number of esters is 1. The molecule has 0 bridgehead atoms. The third-order valence-electron chi connectivity index (χ3n) is 7.25. The summed E-state index contributed by atoms with van der Waals surface area (Å²) in [6, 6.07) is 16.3. The van der Waals surface area contributed by atoms with Gasteiger partial charge in [-0.2, -0.15) is 0 Å². The molecule has 2 aromatic carbocycles. The maximum Gasteiger partial charge on any atom is 0.380 e. The first-order chi connectivity index (χ1) is 18.0. The lowest BCUT2D eigenvalue weighted by atomic mass is 9.96. The summed E-state index contributed by atoms with van der Waals surface area (Å²) >= 11 is 0. The van der Waals surface area contributed by atoms with Gasteiger partial charge in [0.15, 0.2) is 20.9 Å². The lowest BCUT2D eigenvalue weighted by Crippen LogP contribution is -2.64. The van der Waals surface area contributed by atoms with E-state index in [-0.39, 0.29) is 17.2 Å². The van der Waals surface area contributed by atoms with Crippen molar-refractivity contribution < 1.29 is 33.0 Å². The van der Waals surface area contributed by atoms with E-state index in [0.29, 0.717) is 0 Å². The largest absolute Gasteiger partial charge is 0.453 e. The van der Waals surface area contributed by atoms with Gasteiger partial charge in [-0.25, -0.2) is 4.79 Å². The summed E-state index contributed by atoms with van der Waals surface area (Å²) in [5, 5.41) is 3.75. The quantitative estimate of drug-likeness (QED) is 0.0885. The number of carbonyl (C=O) groups is 2. The Kier molecular flexibility index (Phi) is 8.36. The zero-order chi connectivity index (χ0) is 27.5. The number of benzene rings is 2. The van der Waals surface area contributed by atoms with Crippen molar-refractivity contribution in [2.45, 2.75) is 75.8 Å². The molecule has 2 fully saturated rings. The van der Waals surface area contributed by atoms with Crippen LogP contribution in [0.15, 0.2) is 65.8 Å². The SMILES string of the molecule is CC(C)(C)[Si](C)(C)OC1OC2COC(c3ccccc3)O[C@H]2[C@H](OC(=O)C(=O)c2ccccc2)C1N=[N+]=[N-]. The zero-order valence-corrected chi connectivity index (χ0v) is 23.1. The van der Waals surface area contributed by atoms with Crippen molar-refractivity contribution in [1.29, 1.82) is 0 Å². The van der Waals surface area contributed by atoms with Gasteiger partial charge in [0.05, 0.1) is 6.61 Å². The van der Waals surface area contributed by atoms with E-state index < -0.39 is 57.0 Å². The molecule has 0 amide bonds. The van der Waals surface area contributed by atoms with Gasteiger partial charge < -0.3 is 23.4 Å². The molecule has 2 aliphatic rings. The maximum atomic E-state index is 13.1. The van der Waals surface area contributed by atoms with E-state index in [1.165, 1.54) is 12.1 Å². The summed E-state index contributed by atoms with van der Waals surface area (Å²) < 4.78 is 30.7. The summed E-state index contributed by atoms with van der Waals surface area (Å²) in [4.78, 5) is 28.9.